The van der Waals surface area contributed by atoms with Crippen LogP contribution in [0, 0.1) is 0 Å². The largest absolute Gasteiger partial charge is 0.451 e. The Kier molecular flexibility index (Phi) is 4.29. The number of anilines is 1. The van der Waals surface area contributed by atoms with E-state index < -0.39 is 0 Å². The molecule has 108 valence electrons. The van der Waals surface area contributed by atoms with Crippen molar-refractivity contribution in [2.75, 3.05) is 40.0 Å². The summed E-state index contributed by atoms with van der Waals surface area (Å²) in [7, 11) is 5.83. The number of hydrogen-bond acceptors (Lipinski definition) is 4. The zero-order chi connectivity index (χ0) is 14.7. The molecule has 0 saturated heterocycles. The number of benzene rings is 1. The van der Waals surface area contributed by atoms with Crippen LogP contribution >= 0.6 is 0 Å². The van der Waals surface area contributed by atoms with Crippen LogP contribution in [0.2, 0.25) is 0 Å². The number of furan rings is 1. The number of hydrogen-bond donors (Lipinski definition) is 1. The smallest absolute Gasteiger partial charge is 0.289 e. The number of nitrogen functional groups attached to an aromatic ring is 1. The van der Waals surface area contributed by atoms with E-state index in [4.69, 9.17) is 10.2 Å². The third kappa shape index (κ3) is 3.30. The maximum atomic E-state index is 12.3. The molecule has 0 fully saturated rings. The molecule has 2 N–H and O–H groups in total. The van der Waals surface area contributed by atoms with Crippen LogP contribution in [0.5, 0.6) is 0 Å². The lowest BCUT2D eigenvalue weighted by molar-refractivity contribution is 0.0761. The molecule has 0 bridgehead atoms. The Morgan fingerprint density at radius 1 is 1.20 bits per heavy atom. The Hall–Kier alpha value is -2.01. The second-order valence-electron chi connectivity index (χ2n) is 5.29. The molecule has 2 aromatic rings. The van der Waals surface area contributed by atoms with Gasteiger partial charge in [-0.25, -0.2) is 0 Å². The van der Waals surface area contributed by atoms with Gasteiger partial charge in [0.25, 0.3) is 5.91 Å². The van der Waals surface area contributed by atoms with Crippen molar-refractivity contribution in [3.8, 4) is 0 Å². The lowest BCUT2D eigenvalue weighted by atomic mass is 10.2. The van der Waals surface area contributed by atoms with Crippen molar-refractivity contribution in [3.05, 3.63) is 30.0 Å². The topological polar surface area (TPSA) is 62.7 Å². The lowest BCUT2D eigenvalue weighted by Crippen LogP contribution is -2.29. The van der Waals surface area contributed by atoms with Gasteiger partial charge in [-0.3, -0.25) is 4.79 Å². The van der Waals surface area contributed by atoms with Crippen molar-refractivity contribution in [2.24, 2.45) is 0 Å². The van der Waals surface area contributed by atoms with Crippen LogP contribution in [0.25, 0.3) is 11.0 Å². The quantitative estimate of drug-likeness (QED) is 0.848. The molecule has 5 heteroatoms. The summed E-state index contributed by atoms with van der Waals surface area (Å²) in [5.74, 6) is 0.261. The molecule has 0 saturated carbocycles. The summed E-state index contributed by atoms with van der Waals surface area (Å²) in [5.41, 5.74) is 7.07. The minimum absolute atomic E-state index is 0.0986. The molecule has 20 heavy (non-hydrogen) atoms. The van der Waals surface area contributed by atoms with Gasteiger partial charge in [-0.15, -0.1) is 0 Å². The average Bonchev–Trinajstić information content (AvgIpc) is 2.80. The fourth-order valence-electron chi connectivity index (χ4n) is 2.08. The normalized spacial score (nSPS) is 11.2. The fourth-order valence-corrected chi connectivity index (χ4v) is 2.08. The van der Waals surface area contributed by atoms with E-state index in [1.54, 1.807) is 30.1 Å². The van der Waals surface area contributed by atoms with Crippen LogP contribution in [-0.2, 0) is 0 Å². The highest BCUT2D eigenvalue weighted by atomic mass is 16.3. The number of carbonyl (C=O) groups is 1. The summed E-state index contributed by atoms with van der Waals surface area (Å²) in [6.07, 6.45) is 0.933. The first-order valence-electron chi connectivity index (χ1n) is 6.66. The van der Waals surface area contributed by atoms with Crippen LogP contribution in [-0.4, -0.2) is 49.9 Å². The van der Waals surface area contributed by atoms with Gasteiger partial charge in [-0.2, -0.15) is 0 Å². The van der Waals surface area contributed by atoms with Crippen LogP contribution in [0.3, 0.4) is 0 Å². The number of rotatable bonds is 5. The molecule has 0 atom stereocenters. The SMILES string of the molecule is CN(C)CCCN(C)C(=O)c1cc2cc(N)ccc2o1. The Bertz CT molecular complexity index is 604. The average molecular weight is 275 g/mol. The predicted molar refractivity (Wildman–Crippen MR) is 80.8 cm³/mol. The van der Waals surface area contributed by atoms with Crippen molar-refractivity contribution in [3.63, 3.8) is 0 Å². The molecule has 2 rings (SSSR count). The first-order valence-corrected chi connectivity index (χ1v) is 6.66. The Labute approximate surface area is 118 Å². The van der Waals surface area contributed by atoms with Gasteiger partial charge in [-0.05, 0) is 51.3 Å². The number of nitrogens with zero attached hydrogens (tertiary/aromatic N) is 2. The molecule has 0 unspecified atom stereocenters. The lowest BCUT2D eigenvalue weighted by Gasteiger charge is -2.17. The maximum absolute atomic E-state index is 12.3. The van der Waals surface area contributed by atoms with E-state index in [2.05, 4.69) is 4.90 Å². The van der Waals surface area contributed by atoms with Crippen molar-refractivity contribution in [1.29, 1.82) is 0 Å². The van der Waals surface area contributed by atoms with Crippen molar-refractivity contribution in [2.45, 2.75) is 6.42 Å². The predicted octanol–water partition coefficient (Wildman–Crippen LogP) is 2.04. The van der Waals surface area contributed by atoms with Crippen molar-refractivity contribution >= 4 is 22.6 Å². The summed E-state index contributed by atoms with van der Waals surface area (Å²) >= 11 is 0. The first kappa shape index (κ1) is 14.4. The summed E-state index contributed by atoms with van der Waals surface area (Å²) < 4.78 is 5.58. The van der Waals surface area contributed by atoms with E-state index in [0.29, 0.717) is 23.6 Å². The van der Waals surface area contributed by atoms with Crippen molar-refractivity contribution < 1.29 is 9.21 Å². The highest BCUT2D eigenvalue weighted by Gasteiger charge is 2.16. The van der Waals surface area contributed by atoms with Gasteiger partial charge in [-0.1, -0.05) is 0 Å². The molecule has 1 aromatic carbocycles. The monoisotopic (exact) mass is 275 g/mol. The zero-order valence-electron chi connectivity index (χ0n) is 12.2. The van der Waals surface area contributed by atoms with E-state index in [1.807, 2.05) is 20.2 Å². The molecule has 0 aliphatic carbocycles. The number of carbonyl (C=O) groups excluding carboxylic acids is 1. The molecule has 1 heterocycles. The molecule has 0 aliphatic rings. The van der Waals surface area contributed by atoms with Gasteiger partial charge in [0, 0.05) is 24.7 Å². The second kappa shape index (κ2) is 5.96. The van der Waals surface area contributed by atoms with Gasteiger partial charge in [0.1, 0.15) is 5.58 Å². The Morgan fingerprint density at radius 3 is 2.65 bits per heavy atom. The minimum atomic E-state index is -0.0986. The van der Waals surface area contributed by atoms with Gasteiger partial charge in [0.05, 0.1) is 0 Å². The maximum Gasteiger partial charge on any atom is 0.289 e. The van der Waals surface area contributed by atoms with E-state index >= 15 is 0 Å². The van der Waals surface area contributed by atoms with E-state index in [1.165, 1.54) is 0 Å². The second-order valence-corrected chi connectivity index (χ2v) is 5.29. The Morgan fingerprint density at radius 2 is 1.95 bits per heavy atom. The molecular weight excluding hydrogens is 254 g/mol. The fraction of sp³-hybridized carbons (Fsp3) is 0.400. The molecule has 0 aliphatic heterocycles. The minimum Gasteiger partial charge on any atom is -0.451 e. The van der Waals surface area contributed by atoms with Crippen molar-refractivity contribution in [1.82, 2.24) is 9.80 Å². The first-order chi connectivity index (χ1) is 9.47. The van der Waals surface area contributed by atoms with Gasteiger partial charge >= 0.3 is 0 Å². The standard InChI is InChI=1S/C15H21N3O2/c1-17(2)7-4-8-18(3)15(19)14-10-11-9-12(16)5-6-13(11)20-14/h5-6,9-10H,4,7-8,16H2,1-3H3. The highest BCUT2D eigenvalue weighted by molar-refractivity contribution is 5.96. The molecular formula is C15H21N3O2. The van der Waals surface area contributed by atoms with Crippen LogP contribution < -0.4 is 5.73 Å². The summed E-state index contributed by atoms with van der Waals surface area (Å²) in [6, 6.07) is 7.10. The molecule has 1 aromatic heterocycles. The van der Waals surface area contributed by atoms with Gasteiger partial charge in [0.2, 0.25) is 0 Å². The van der Waals surface area contributed by atoms with E-state index in [9.17, 15) is 4.79 Å². The van der Waals surface area contributed by atoms with E-state index in [-0.39, 0.29) is 5.91 Å². The van der Waals surface area contributed by atoms with Gasteiger partial charge in [0.15, 0.2) is 5.76 Å². The van der Waals surface area contributed by atoms with Gasteiger partial charge < -0.3 is 20.0 Å². The van der Waals surface area contributed by atoms with Crippen LogP contribution in [0.15, 0.2) is 28.7 Å². The Balaban J connectivity index is 2.06. The molecule has 0 radical (unpaired) electrons. The van der Waals surface area contributed by atoms with E-state index in [0.717, 1.165) is 18.4 Å². The number of nitrogens with two attached hydrogens (primary N) is 1. The summed E-state index contributed by atoms with van der Waals surface area (Å²) in [6.45, 7) is 1.66. The number of fused-ring (bicyclic) bond motifs is 1. The third-order valence-electron chi connectivity index (χ3n) is 3.20. The summed E-state index contributed by atoms with van der Waals surface area (Å²) in [5, 5.41) is 0.857. The zero-order valence-corrected chi connectivity index (χ0v) is 12.2. The summed E-state index contributed by atoms with van der Waals surface area (Å²) in [4.78, 5) is 16.0. The third-order valence-corrected chi connectivity index (χ3v) is 3.20. The number of amides is 1. The van der Waals surface area contributed by atoms with Crippen LogP contribution in [0.4, 0.5) is 5.69 Å². The highest BCUT2D eigenvalue weighted by Crippen LogP contribution is 2.22. The molecule has 5 nitrogen and oxygen atoms in total. The molecule has 1 amide bonds. The van der Waals surface area contributed by atoms with Crippen LogP contribution in [0.1, 0.15) is 17.0 Å². The molecule has 0 spiro atoms.